The van der Waals surface area contributed by atoms with E-state index < -0.39 is 17.2 Å². The molecule has 0 fully saturated rings. The third kappa shape index (κ3) is 3.61. The lowest BCUT2D eigenvalue weighted by molar-refractivity contribution is 0.0569. The summed E-state index contributed by atoms with van der Waals surface area (Å²) < 4.78 is 27.3. The summed E-state index contributed by atoms with van der Waals surface area (Å²) in [7, 11) is 0. The van der Waals surface area contributed by atoms with E-state index in [2.05, 4.69) is 15.9 Å². The maximum absolute atomic E-state index is 13.2. The number of aliphatic hydroxyl groups is 1. The molecule has 0 spiro atoms. The molecule has 2 aromatic rings. The van der Waals surface area contributed by atoms with E-state index in [4.69, 9.17) is 0 Å². The van der Waals surface area contributed by atoms with E-state index in [1.165, 1.54) is 0 Å². The third-order valence-electron chi connectivity index (χ3n) is 2.92. The molecule has 2 aromatic carbocycles. The maximum Gasteiger partial charge on any atom is 0.126 e. The first-order valence-electron chi connectivity index (χ1n) is 5.80. The molecule has 0 saturated heterocycles. The van der Waals surface area contributed by atoms with Gasteiger partial charge in [0.1, 0.15) is 11.6 Å². The monoisotopic (exact) mass is 326 g/mol. The van der Waals surface area contributed by atoms with E-state index in [9.17, 15) is 13.9 Å². The van der Waals surface area contributed by atoms with Crippen LogP contribution in [0.1, 0.15) is 18.1 Å². The molecule has 0 aliphatic heterocycles. The maximum atomic E-state index is 13.2. The van der Waals surface area contributed by atoms with Crippen LogP contribution in [0.4, 0.5) is 8.78 Å². The number of hydrogen-bond acceptors (Lipinski definition) is 1. The average Bonchev–Trinajstić information content (AvgIpc) is 2.26. The molecule has 19 heavy (non-hydrogen) atoms. The fourth-order valence-electron chi connectivity index (χ4n) is 2.01. The molecule has 4 heteroatoms. The van der Waals surface area contributed by atoms with Gasteiger partial charge in [0.25, 0.3) is 0 Å². The Labute approximate surface area is 119 Å². The molecule has 2 rings (SSSR count). The van der Waals surface area contributed by atoms with E-state index in [0.717, 1.165) is 28.2 Å². The predicted molar refractivity (Wildman–Crippen MR) is 73.8 cm³/mol. The molecule has 0 aliphatic carbocycles. The van der Waals surface area contributed by atoms with Gasteiger partial charge in [-0.25, -0.2) is 8.78 Å². The van der Waals surface area contributed by atoms with Crippen molar-refractivity contribution in [3.8, 4) is 0 Å². The SMILES string of the molecule is CC(O)(Cc1cccc(Br)c1)c1cc(F)cc(F)c1. The second-order valence-corrected chi connectivity index (χ2v) is 5.65. The smallest absolute Gasteiger partial charge is 0.126 e. The van der Waals surface area contributed by atoms with E-state index in [1.807, 2.05) is 24.3 Å². The molecular formula is C15H13BrF2O. The molecule has 0 aliphatic rings. The van der Waals surface area contributed by atoms with Crippen LogP contribution in [0, 0.1) is 11.6 Å². The molecular weight excluding hydrogens is 314 g/mol. The first-order valence-corrected chi connectivity index (χ1v) is 6.59. The number of hydrogen-bond donors (Lipinski definition) is 1. The third-order valence-corrected chi connectivity index (χ3v) is 3.42. The quantitative estimate of drug-likeness (QED) is 0.897. The van der Waals surface area contributed by atoms with Crippen LogP contribution in [-0.2, 0) is 12.0 Å². The van der Waals surface area contributed by atoms with Gasteiger partial charge in [0.05, 0.1) is 5.60 Å². The molecule has 0 heterocycles. The van der Waals surface area contributed by atoms with Crippen molar-refractivity contribution >= 4 is 15.9 Å². The molecule has 1 unspecified atom stereocenters. The van der Waals surface area contributed by atoms with Gasteiger partial charge in [0.15, 0.2) is 0 Å². The van der Waals surface area contributed by atoms with Gasteiger partial charge in [-0.15, -0.1) is 0 Å². The molecule has 0 amide bonds. The Morgan fingerprint density at radius 1 is 1.11 bits per heavy atom. The van der Waals surface area contributed by atoms with Crippen molar-refractivity contribution < 1.29 is 13.9 Å². The van der Waals surface area contributed by atoms with Crippen molar-refractivity contribution in [1.82, 2.24) is 0 Å². The summed E-state index contributed by atoms with van der Waals surface area (Å²) in [5.41, 5.74) is -0.224. The van der Waals surface area contributed by atoms with Crippen LogP contribution >= 0.6 is 15.9 Å². The minimum Gasteiger partial charge on any atom is -0.385 e. The molecule has 0 saturated carbocycles. The minimum atomic E-state index is -1.33. The topological polar surface area (TPSA) is 20.2 Å². The Bertz CT molecular complexity index is 576. The Balaban J connectivity index is 2.31. The van der Waals surface area contributed by atoms with Crippen molar-refractivity contribution in [3.63, 3.8) is 0 Å². The van der Waals surface area contributed by atoms with Gasteiger partial charge in [-0.2, -0.15) is 0 Å². The van der Waals surface area contributed by atoms with Gasteiger partial charge < -0.3 is 5.11 Å². The largest absolute Gasteiger partial charge is 0.385 e. The van der Waals surface area contributed by atoms with Gasteiger partial charge in [0.2, 0.25) is 0 Å². The molecule has 0 aromatic heterocycles. The fraction of sp³-hybridized carbons (Fsp3) is 0.200. The summed E-state index contributed by atoms with van der Waals surface area (Å²) in [5.74, 6) is -1.38. The van der Waals surface area contributed by atoms with E-state index in [1.54, 1.807) is 6.92 Å². The zero-order chi connectivity index (χ0) is 14.0. The van der Waals surface area contributed by atoms with Gasteiger partial charge >= 0.3 is 0 Å². The fourth-order valence-corrected chi connectivity index (χ4v) is 2.46. The summed E-state index contributed by atoms with van der Waals surface area (Å²) in [6.45, 7) is 1.54. The average molecular weight is 327 g/mol. The summed E-state index contributed by atoms with van der Waals surface area (Å²) in [4.78, 5) is 0. The van der Waals surface area contributed by atoms with Gasteiger partial charge in [-0.05, 0) is 42.3 Å². The van der Waals surface area contributed by atoms with Crippen LogP contribution in [0.5, 0.6) is 0 Å². The van der Waals surface area contributed by atoms with Crippen LogP contribution in [-0.4, -0.2) is 5.11 Å². The van der Waals surface area contributed by atoms with Crippen molar-refractivity contribution in [2.75, 3.05) is 0 Å². The Hall–Kier alpha value is -1.26. The van der Waals surface area contributed by atoms with Crippen LogP contribution in [0.3, 0.4) is 0 Å². The molecule has 1 N–H and O–H groups in total. The standard InChI is InChI=1S/C15H13BrF2O/c1-15(19,9-10-3-2-4-12(16)5-10)11-6-13(17)8-14(18)7-11/h2-8,19H,9H2,1H3. The van der Waals surface area contributed by atoms with E-state index >= 15 is 0 Å². The predicted octanol–water partition coefficient (Wildman–Crippen LogP) is 4.18. The van der Waals surface area contributed by atoms with Crippen molar-refractivity contribution in [2.45, 2.75) is 18.9 Å². The molecule has 0 radical (unpaired) electrons. The highest BCUT2D eigenvalue weighted by atomic mass is 79.9. The molecule has 1 atom stereocenters. The summed E-state index contributed by atoms with van der Waals surface area (Å²) >= 11 is 3.35. The Kier molecular flexibility index (Phi) is 4.02. The lowest BCUT2D eigenvalue weighted by Crippen LogP contribution is -2.24. The minimum absolute atomic E-state index is 0.227. The second kappa shape index (κ2) is 5.39. The summed E-state index contributed by atoms with van der Waals surface area (Å²) in [6, 6.07) is 10.5. The summed E-state index contributed by atoms with van der Waals surface area (Å²) in [6.07, 6.45) is 0.273. The van der Waals surface area contributed by atoms with Gasteiger partial charge in [-0.1, -0.05) is 28.1 Å². The lowest BCUT2D eigenvalue weighted by atomic mass is 9.89. The van der Waals surface area contributed by atoms with Crippen LogP contribution in [0.2, 0.25) is 0 Å². The van der Waals surface area contributed by atoms with Crippen molar-refractivity contribution in [3.05, 3.63) is 69.7 Å². The number of rotatable bonds is 3. The van der Waals surface area contributed by atoms with E-state index in [0.29, 0.717) is 0 Å². The normalized spacial score (nSPS) is 14.2. The van der Waals surface area contributed by atoms with Crippen molar-refractivity contribution in [2.24, 2.45) is 0 Å². The number of halogens is 3. The second-order valence-electron chi connectivity index (χ2n) is 4.74. The highest BCUT2D eigenvalue weighted by Crippen LogP contribution is 2.27. The van der Waals surface area contributed by atoms with Crippen LogP contribution in [0.15, 0.2) is 46.9 Å². The zero-order valence-electron chi connectivity index (χ0n) is 10.3. The Morgan fingerprint density at radius 2 is 1.74 bits per heavy atom. The molecule has 1 nitrogen and oxygen atoms in total. The molecule has 0 bridgehead atoms. The van der Waals surface area contributed by atoms with Crippen molar-refractivity contribution in [1.29, 1.82) is 0 Å². The van der Waals surface area contributed by atoms with E-state index in [-0.39, 0.29) is 12.0 Å². The zero-order valence-corrected chi connectivity index (χ0v) is 11.9. The lowest BCUT2D eigenvalue weighted by Gasteiger charge is -2.24. The van der Waals surface area contributed by atoms with Gasteiger partial charge in [0, 0.05) is 17.0 Å². The first-order chi connectivity index (χ1) is 8.87. The Morgan fingerprint density at radius 3 is 2.32 bits per heavy atom. The number of benzene rings is 2. The van der Waals surface area contributed by atoms with Crippen LogP contribution in [0.25, 0.3) is 0 Å². The molecule has 100 valence electrons. The van der Waals surface area contributed by atoms with Crippen LogP contribution < -0.4 is 0 Å². The van der Waals surface area contributed by atoms with Gasteiger partial charge in [-0.3, -0.25) is 0 Å². The highest BCUT2D eigenvalue weighted by Gasteiger charge is 2.25. The highest BCUT2D eigenvalue weighted by molar-refractivity contribution is 9.10. The summed E-state index contributed by atoms with van der Waals surface area (Å²) in [5, 5.41) is 10.4. The first kappa shape index (κ1) is 14.2.